The number of sulfonamides is 1. The van der Waals surface area contributed by atoms with E-state index in [1.165, 1.54) is 17.9 Å². The lowest BCUT2D eigenvalue weighted by atomic mass is 9.92. The Morgan fingerprint density at radius 1 is 1.06 bits per heavy atom. The van der Waals surface area contributed by atoms with E-state index >= 15 is 0 Å². The zero-order valence-electron chi connectivity index (χ0n) is 31.4. The van der Waals surface area contributed by atoms with E-state index in [0.717, 1.165) is 11.3 Å². The molecule has 0 bridgehead atoms. The molecule has 1 aromatic carbocycles. The minimum Gasteiger partial charge on any atom is -0.444 e. The smallest absolute Gasteiger partial charge is 0.410 e. The maximum atomic E-state index is 14.4. The van der Waals surface area contributed by atoms with Gasteiger partial charge in [-0.05, 0) is 83.4 Å². The SMILES string of the molecule is CCCC(C)(NC(=O)C1CC(OC(=O)N2Cc3cccc(F)c3C2)CN1C(=O)C(CCC(=O)C1=CCC1)NC(=O)OC(C)(C)C)C(=O)NS(=O)(=O)C1CC1. The average molecular weight is 776 g/mol. The summed E-state index contributed by atoms with van der Waals surface area (Å²) in [5.41, 5.74) is -1.03. The van der Waals surface area contributed by atoms with Crippen molar-refractivity contribution in [3.05, 3.63) is 46.8 Å². The quantitative estimate of drug-likeness (QED) is 0.252. The highest BCUT2D eigenvalue weighted by atomic mass is 32.2. The number of ether oxygens (including phenoxy) is 2. The largest absolute Gasteiger partial charge is 0.444 e. The number of alkyl carbamates (subject to hydrolysis) is 1. The lowest BCUT2D eigenvalue weighted by Gasteiger charge is -2.33. The number of hydrogen-bond donors (Lipinski definition) is 3. The van der Waals surface area contributed by atoms with Crippen LogP contribution in [-0.2, 0) is 51.8 Å². The molecule has 1 aromatic rings. The Bertz CT molecular complexity index is 1820. The predicted molar refractivity (Wildman–Crippen MR) is 192 cm³/mol. The number of rotatable bonds is 14. The molecule has 0 spiro atoms. The monoisotopic (exact) mass is 775 g/mol. The molecule has 1 saturated carbocycles. The van der Waals surface area contributed by atoms with Crippen molar-refractivity contribution in [1.82, 2.24) is 25.2 Å². The number of fused-ring (bicyclic) bond motifs is 1. The van der Waals surface area contributed by atoms with E-state index in [0.29, 0.717) is 42.4 Å². The zero-order chi connectivity index (χ0) is 39.6. The number of allylic oxidation sites excluding steroid dienone is 2. The second-order valence-corrected chi connectivity index (χ2v) is 17.6. The molecule has 296 valence electrons. The van der Waals surface area contributed by atoms with Crippen molar-refractivity contribution in [2.24, 2.45) is 0 Å². The number of Topliss-reactive ketones (excluding diaryl/α,β-unsaturated/α-hetero) is 1. The van der Waals surface area contributed by atoms with Crippen molar-refractivity contribution in [2.45, 2.75) is 140 Å². The molecule has 4 aliphatic rings. The van der Waals surface area contributed by atoms with E-state index < -0.39 is 80.3 Å². The Morgan fingerprint density at radius 2 is 1.76 bits per heavy atom. The van der Waals surface area contributed by atoms with Gasteiger partial charge in [-0.1, -0.05) is 31.6 Å². The minimum absolute atomic E-state index is 0.0410. The average Bonchev–Trinajstić information content (AvgIpc) is 3.69. The van der Waals surface area contributed by atoms with Crippen molar-refractivity contribution in [2.75, 3.05) is 6.54 Å². The van der Waals surface area contributed by atoms with E-state index in [-0.39, 0.29) is 51.1 Å². The maximum Gasteiger partial charge on any atom is 0.410 e. The van der Waals surface area contributed by atoms with Crippen LogP contribution < -0.4 is 15.4 Å². The van der Waals surface area contributed by atoms with Gasteiger partial charge in [-0.2, -0.15) is 0 Å². The summed E-state index contributed by atoms with van der Waals surface area (Å²) in [6.07, 6.45) is 1.24. The molecule has 0 aromatic heterocycles. The van der Waals surface area contributed by atoms with Crippen LogP contribution in [0.2, 0.25) is 0 Å². The summed E-state index contributed by atoms with van der Waals surface area (Å²) in [5.74, 6) is -3.16. The first kappa shape index (κ1) is 40.6. The van der Waals surface area contributed by atoms with Crippen molar-refractivity contribution < 1.29 is 51.0 Å². The molecule has 2 heterocycles. The highest BCUT2D eigenvalue weighted by molar-refractivity contribution is 7.91. The standard InChI is InChI=1S/C37H50FN5O10S/c1-6-17-37(5,33(47)41-54(50,51)25-13-14-25)40-31(45)29-18-24(52-35(49)42-19-23-11-8-12-27(38)26(23)21-42)20-43(29)32(46)28(39-34(48)53-36(2,3)4)15-16-30(44)22-9-7-10-22/h8-9,11-12,24-25,28-29H,6-7,10,13-21H2,1-5H3,(H,39,48)(H,40,45)(H,41,47). The van der Waals surface area contributed by atoms with Crippen LogP contribution in [0.15, 0.2) is 29.8 Å². The van der Waals surface area contributed by atoms with E-state index in [4.69, 9.17) is 9.47 Å². The predicted octanol–water partition coefficient (Wildman–Crippen LogP) is 3.49. The number of likely N-dealkylation sites (tertiary alicyclic amines) is 1. The number of benzene rings is 1. The molecule has 1 saturated heterocycles. The normalized spacial score (nSPS) is 21.1. The van der Waals surface area contributed by atoms with Crippen LogP contribution in [0.3, 0.4) is 0 Å². The Labute approximate surface area is 314 Å². The Morgan fingerprint density at radius 3 is 2.35 bits per heavy atom. The van der Waals surface area contributed by atoms with E-state index in [1.54, 1.807) is 45.9 Å². The molecule has 2 fully saturated rings. The minimum atomic E-state index is -3.96. The van der Waals surface area contributed by atoms with Crippen LogP contribution in [0, 0.1) is 5.82 Å². The molecule has 17 heteroatoms. The number of amides is 5. The van der Waals surface area contributed by atoms with Gasteiger partial charge in [-0.3, -0.25) is 28.8 Å². The van der Waals surface area contributed by atoms with Gasteiger partial charge in [-0.15, -0.1) is 0 Å². The van der Waals surface area contributed by atoms with Gasteiger partial charge >= 0.3 is 12.2 Å². The molecular formula is C37H50FN5O10S. The van der Waals surface area contributed by atoms with Crippen molar-refractivity contribution in [3.8, 4) is 0 Å². The second-order valence-electron chi connectivity index (χ2n) is 15.7. The number of hydrogen-bond acceptors (Lipinski definition) is 10. The molecule has 0 radical (unpaired) electrons. The van der Waals surface area contributed by atoms with Gasteiger partial charge < -0.3 is 25.0 Å². The lowest BCUT2D eigenvalue weighted by Crippen LogP contribution is -2.62. The Kier molecular flexibility index (Phi) is 12.1. The van der Waals surface area contributed by atoms with Crippen LogP contribution >= 0.6 is 0 Å². The summed E-state index contributed by atoms with van der Waals surface area (Å²) in [6.45, 7) is 7.82. The second kappa shape index (κ2) is 16.1. The number of carbonyl (C=O) groups is 6. The van der Waals surface area contributed by atoms with E-state index in [1.807, 2.05) is 0 Å². The van der Waals surface area contributed by atoms with Crippen LogP contribution in [-0.4, -0.2) is 95.0 Å². The molecule has 3 N–H and O–H groups in total. The number of ketones is 1. The molecular weight excluding hydrogens is 725 g/mol. The van der Waals surface area contributed by atoms with Gasteiger partial charge in [-0.25, -0.2) is 22.4 Å². The van der Waals surface area contributed by atoms with Crippen molar-refractivity contribution in [3.63, 3.8) is 0 Å². The molecule has 15 nitrogen and oxygen atoms in total. The van der Waals surface area contributed by atoms with Crippen molar-refractivity contribution in [1.29, 1.82) is 0 Å². The third-order valence-corrected chi connectivity index (χ3v) is 11.8. The molecule has 54 heavy (non-hydrogen) atoms. The number of carbonyl (C=O) groups excluding carboxylic acids is 6. The first-order valence-electron chi connectivity index (χ1n) is 18.4. The highest BCUT2D eigenvalue weighted by Crippen LogP contribution is 2.31. The summed E-state index contributed by atoms with van der Waals surface area (Å²) in [4.78, 5) is 83.6. The Hall–Kier alpha value is -4.54. The molecule has 5 rings (SSSR count). The molecule has 5 amide bonds. The van der Waals surface area contributed by atoms with Crippen molar-refractivity contribution >= 4 is 45.7 Å². The topological polar surface area (TPSA) is 198 Å². The number of nitrogens with zero attached hydrogens (tertiary/aromatic N) is 2. The number of nitrogens with one attached hydrogen (secondary N) is 3. The van der Waals surface area contributed by atoms with Gasteiger partial charge in [0.15, 0.2) is 5.78 Å². The van der Waals surface area contributed by atoms with E-state index in [2.05, 4.69) is 15.4 Å². The van der Waals surface area contributed by atoms with Crippen LogP contribution in [0.4, 0.5) is 14.0 Å². The molecule has 4 atom stereocenters. The van der Waals surface area contributed by atoms with Gasteiger partial charge in [0.05, 0.1) is 18.3 Å². The fourth-order valence-corrected chi connectivity index (χ4v) is 8.19. The van der Waals surface area contributed by atoms with E-state index in [9.17, 15) is 41.6 Å². The van der Waals surface area contributed by atoms with Gasteiger partial charge in [0.2, 0.25) is 21.8 Å². The number of halogens is 1. The summed E-state index contributed by atoms with van der Waals surface area (Å²) < 4.78 is 53.0. The van der Waals surface area contributed by atoms with Gasteiger partial charge in [0.25, 0.3) is 5.91 Å². The summed E-state index contributed by atoms with van der Waals surface area (Å²) >= 11 is 0. The fourth-order valence-electron chi connectivity index (χ4n) is 6.78. The van der Waals surface area contributed by atoms with Gasteiger partial charge in [0.1, 0.15) is 35.1 Å². The summed E-state index contributed by atoms with van der Waals surface area (Å²) in [6, 6.07) is 1.86. The first-order valence-corrected chi connectivity index (χ1v) is 20.0. The highest BCUT2D eigenvalue weighted by Gasteiger charge is 2.48. The zero-order valence-corrected chi connectivity index (χ0v) is 32.2. The Balaban J connectivity index is 1.39. The molecule has 4 unspecified atom stereocenters. The third kappa shape index (κ3) is 9.76. The third-order valence-electron chi connectivity index (χ3n) is 9.96. The van der Waals surface area contributed by atoms with Crippen LogP contribution in [0.1, 0.15) is 104 Å². The first-order chi connectivity index (χ1) is 25.3. The maximum absolute atomic E-state index is 14.4. The lowest BCUT2D eigenvalue weighted by molar-refractivity contribution is -0.142. The van der Waals surface area contributed by atoms with Gasteiger partial charge in [0, 0.05) is 24.9 Å². The summed E-state index contributed by atoms with van der Waals surface area (Å²) in [5, 5.41) is 4.52. The fraction of sp³-hybridized carbons (Fsp3) is 0.622. The van der Waals surface area contributed by atoms with Crippen LogP contribution in [0.5, 0.6) is 0 Å². The molecule has 2 aliphatic carbocycles. The molecule has 2 aliphatic heterocycles. The summed E-state index contributed by atoms with van der Waals surface area (Å²) in [7, 11) is -3.96. The van der Waals surface area contributed by atoms with Crippen LogP contribution in [0.25, 0.3) is 0 Å².